The number of methoxy groups -OCH3 is 1. The predicted octanol–water partition coefficient (Wildman–Crippen LogP) is 3.35. The van der Waals surface area contributed by atoms with Gasteiger partial charge in [-0.05, 0) is 32.0 Å². The van der Waals surface area contributed by atoms with E-state index in [1.54, 1.807) is 30.4 Å². The average molecular weight is 324 g/mol. The van der Waals surface area contributed by atoms with Crippen LogP contribution < -0.4 is 10.1 Å². The van der Waals surface area contributed by atoms with Gasteiger partial charge >= 0.3 is 5.97 Å². The highest BCUT2D eigenvalue weighted by atomic mass is 35.5. The third kappa shape index (κ3) is 5.61. The van der Waals surface area contributed by atoms with Crippen molar-refractivity contribution in [3.8, 4) is 5.75 Å². The minimum absolute atomic E-state index is 0.410. The molecule has 1 amide bonds. The van der Waals surface area contributed by atoms with E-state index in [-0.39, 0.29) is 0 Å². The van der Waals surface area contributed by atoms with Gasteiger partial charge in [-0.15, -0.1) is 0 Å². The Balaban J connectivity index is 2.68. The van der Waals surface area contributed by atoms with E-state index in [1.807, 2.05) is 6.92 Å². The zero-order valence-electron chi connectivity index (χ0n) is 12.6. The molecular weight excluding hydrogens is 306 g/mol. The van der Waals surface area contributed by atoms with Crippen molar-refractivity contribution in [3.05, 3.63) is 47.5 Å². The van der Waals surface area contributed by atoms with E-state index in [1.165, 1.54) is 26.2 Å². The van der Waals surface area contributed by atoms with Crippen LogP contribution in [0.5, 0.6) is 5.75 Å². The largest absolute Gasteiger partial charge is 0.495 e. The van der Waals surface area contributed by atoms with Crippen molar-refractivity contribution < 1.29 is 19.1 Å². The summed E-state index contributed by atoms with van der Waals surface area (Å²) in [6, 6.07) is 4.83. The number of ether oxygens (including phenoxy) is 2. The fourth-order valence-electron chi connectivity index (χ4n) is 1.52. The standard InChI is InChI=1S/C16H18ClNO4/c1-4-5-6-7-15(19)22-11(2)16(20)18-13-10-12(17)8-9-14(13)21-3/h4-11H,1-3H3,(H,18,20)/b5-4+,7-6+/t11-/m1/s1. The molecular formula is C16H18ClNO4. The summed E-state index contributed by atoms with van der Waals surface area (Å²) in [6.07, 6.45) is 5.27. The number of carbonyl (C=O) groups is 2. The lowest BCUT2D eigenvalue weighted by Gasteiger charge is -2.14. The third-order valence-electron chi connectivity index (χ3n) is 2.62. The summed E-state index contributed by atoms with van der Waals surface area (Å²) >= 11 is 5.88. The molecule has 0 fully saturated rings. The van der Waals surface area contributed by atoms with E-state index in [0.29, 0.717) is 16.5 Å². The Bertz CT molecular complexity index is 596. The fourth-order valence-corrected chi connectivity index (χ4v) is 1.70. The number of anilines is 1. The molecule has 22 heavy (non-hydrogen) atoms. The molecule has 1 N–H and O–H groups in total. The fraction of sp³-hybridized carbons (Fsp3) is 0.250. The molecule has 0 aliphatic rings. The summed E-state index contributed by atoms with van der Waals surface area (Å²) in [7, 11) is 1.48. The van der Waals surface area contributed by atoms with Crippen molar-refractivity contribution in [1.82, 2.24) is 0 Å². The van der Waals surface area contributed by atoms with Crippen LogP contribution in [0.1, 0.15) is 13.8 Å². The minimum atomic E-state index is -0.952. The lowest BCUT2D eigenvalue weighted by atomic mass is 10.2. The van der Waals surface area contributed by atoms with Gasteiger partial charge in [-0.1, -0.05) is 29.8 Å². The number of amides is 1. The number of hydrogen-bond acceptors (Lipinski definition) is 4. The van der Waals surface area contributed by atoms with Crippen molar-refractivity contribution in [2.45, 2.75) is 20.0 Å². The summed E-state index contributed by atoms with van der Waals surface area (Å²) < 4.78 is 10.1. The molecule has 0 bridgehead atoms. The number of hydrogen-bond donors (Lipinski definition) is 1. The first-order valence-corrected chi connectivity index (χ1v) is 7.00. The van der Waals surface area contributed by atoms with E-state index in [0.717, 1.165) is 0 Å². The average Bonchev–Trinajstić information content (AvgIpc) is 2.47. The Labute approximate surface area is 134 Å². The molecule has 1 rings (SSSR count). The maximum Gasteiger partial charge on any atom is 0.331 e. The van der Waals surface area contributed by atoms with Gasteiger partial charge in [0, 0.05) is 11.1 Å². The Morgan fingerprint density at radius 1 is 1.32 bits per heavy atom. The van der Waals surface area contributed by atoms with Crippen molar-refractivity contribution in [2.24, 2.45) is 0 Å². The molecule has 0 radical (unpaired) electrons. The highest BCUT2D eigenvalue weighted by Gasteiger charge is 2.18. The van der Waals surface area contributed by atoms with Gasteiger partial charge < -0.3 is 14.8 Å². The van der Waals surface area contributed by atoms with E-state index in [2.05, 4.69) is 5.32 Å². The molecule has 1 aromatic rings. The second-order valence-corrected chi connectivity index (χ2v) is 4.73. The molecule has 0 unspecified atom stereocenters. The van der Waals surface area contributed by atoms with E-state index >= 15 is 0 Å². The Morgan fingerprint density at radius 2 is 2.05 bits per heavy atom. The number of halogens is 1. The highest BCUT2D eigenvalue weighted by molar-refractivity contribution is 6.31. The number of rotatable bonds is 6. The predicted molar refractivity (Wildman–Crippen MR) is 86.1 cm³/mol. The number of benzene rings is 1. The molecule has 0 aliphatic heterocycles. The van der Waals surface area contributed by atoms with Gasteiger partial charge in [0.25, 0.3) is 5.91 Å². The van der Waals surface area contributed by atoms with Crippen LogP contribution in [0, 0.1) is 0 Å². The van der Waals surface area contributed by atoms with E-state index in [9.17, 15) is 9.59 Å². The first kappa shape index (κ1) is 17.8. The summed E-state index contributed by atoms with van der Waals surface area (Å²) in [5.41, 5.74) is 0.410. The number of esters is 1. The van der Waals surface area contributed by atoms with Crippen molar-refractivity contribution in [3.63, 3.8) is 0 Å². The minimum Gasteiger partial charge on any atom is -0.495 e. The first-order valence-electron chi connectivity index (χ1n) is 6.62. The zero-order chi connectivity index (χ0) is 16.5. The van der Waals surface area contributed by atoms with Crippen LogP contribution in [0.4, 0.5) is 5.69 Å². The Kier molecular flexibility index (Phi) is 7.19. The normalized spacial score (nSPS) is 12.4. The van der Waals surface area contributed by atoms with E-state index in [4.69, 9.17) is 21.1 Å². The molecule has 6 heteroatoms. The second-order valence-electron chi connectivity index (χ2n) is 4.30. The summed E-state index contributed by atoms with van der Waals surface area (Å²) in [6.45, 7) is 3.30. The molecule has 0 aromatic heterocycles. The second kappa shape index (κ2) is 8.89. The van der Waals surface area contributed by atoms with Gasteiger partial charge in [-0.25, -0.2) is 4.79 Å². The monoisotopic (exact) mass is 323 g/mol. The van der Waals surface area contributed by atoms with Crippen LogP contribution in [-0.4, -0.2) is 25.1 Å². The number of allylic oxidation sites excluding steroid dienone is 3. The maximum atomic E-state index is 12.0. The molecule has 0 saturated heterocycles. The van der Waals surface area contributed by atoms with Crippen LogP contribution in [-0.2, 0) is 14.3 Å². The van der Waals surface area contributed by atoms with Crippen molar-refractivity contribution in [2.75, 3.05) is 12.4 Å². The smallest absolute Gasteiger partial charge is 0.331 e. The summed E-state index contributed by atoms with van der Waals surface area (Å²) in [5, 5.41) is 3.06. The molecule has 5 nitrogen and oxygen atoms in total. The van der Waals surface area contributed by atoms with Crippen molar-refractivity contribution >= 4 is 29.2 Å². The lowest BCUT2D eigenvalue weighted by molar-refractivity contribution is -0.148. The summed E-state index contributed by atoms with van der Waals surface area (Å²) in [4.78, 5) is 23.5. The lowest BCUT2D eigenvalue weighted by Crippen LogP contribution is -2.29. The molecule has 1 aromatic carbocycles. The molecule has 0 heterocycles. The van der Waals surface area contributed by atoms with Crippen LogP contribution in [0.2, 0.25) is 5.02 Å². The topological polar surface area (TPSA) is 64.6 Å². The quantitative estimate of drug-likeness (QED) is 0.495. The van der Waals surface area contributed by atoms with Crippen LogP contribution in [0.3, 0.4) is 0 Å². The van der Waals surface area contributed by atoms with Crippen LogP contribution in [0.25, 0.3) is 0 Å². The number of carbonyl (C=O) groups excluding carboxylic acids is 2. The van der Waals surface area contributed by atoms with E-state index < -0.39 is 18.0 Å². The van der Waals surface area contributed by atoms with Gasteiger partial charge in [0.05, 0.1) is 12.8 Å². The Morgan fingerprint density at radius 3 is 2.68 bits per heavy atom. The maximum absolute atomic E-state index is 12.0. The SMILES string of the molecule is C/C=C/C=C/C(=O)O[C@H](C)C(=O)Nc1cc(Cl)ccc1OC. The van der Waals surface area contributed by atoms with Gasteiger partial charge in [0.1, 0.15) is 5.75 Å². The Hall–Kier alpha value is -2.27. The molecule has 118 valence electrons. The van der Waals surface area contributed by atoms with Crippen molar-refractivity contribution in [1.29, 1.82) is 0 Å². The van der Waals surface area contributed by atoms with Gasteiger partial charge in [-0.2, -0.15) is 0 Å². The third-order valence-corrected chi connectivity index (χ3v) is 2.85. The van der Waals surface area contributed by atoms with Gasteiger partial charge in [0.2, 0.25) is 0 Å². The molecule has 0 saturated carbocycles. The molecule has 1 atom stereocenters. The van der Waals surface area contributed by atoms with Crippen LogP contribution >= 0.6 is 11.6 Å². The molecule has 0 spiro atoms. The highest BCUT2D eigenvalue weighted by Crippen LogP contribution is 2.27. The zero-order valence-corrected chi connectivity index (χ0v) is 13.4. The van der Waals surface area contributed by atoms with Gasteiger partial charge in [0.15, 0.2) is 6.10 Å². The van der Waals surface area contributed by atoms with Crippen LogP contribution in [0.15, 0.2) is 42.5 Å². The number of nitrogens with one attached hydrogen (secondary N) is 1. The molecule has 0 aliphatic carbocycles. The summed E-state index contributed by atoms with van der Waals surface area (Å²) in [5.74, 6) is -0.614. The van der Waals surface area contributed by atoms with Gasteiger partial charge in [-0.3, -0.25) is 4.79 Å². The first-order chi connectivity index (χ1) is 10.5.